The second-order valence-corrected chi connectivity index (χ2v) is 5.88. The first-order valence-corrected chi connectivity index (χ1v) is 6.64. The molecule has 0 radical (unpaired) electrons. The number of amidine groups is 1. The van der Waals surface area contributed by atoms with E-state index in [9.17, 15) is 14.4 Å². The quantitative estimate of drug-likeness (QED) is 0.232. The summed E-state index contributed by atoms with van der Waals surface area (Å²) in [6.07, 6.45) is -0.800. The van der Waals surface area contributed by atoms with E-state index >= 15 is 0 Å². The standard InChI is InChI=1S/C13H23N3O6/c1-7-21-9(17)8(16-20)14-10(18)13(5,6)15-11(19)22-12(2,3)4/h20H,7H2,1-6H3,(H,15,19)(H,14,16,18). The molecule has 0 saturated heterocycles. The van der Waals surface area contributed by atoms with Gasteiger partial charge in [0.2, 0.25) is 0 Å². The number of alkyl carbamates (subject to hydrolysis) is 1. The SMILES string of the molecule is CCOC(=O)/C(=N\O)NC(=O)C(C)(C)NC(=O)OC(C)(C)C. The van der Waals surface area contributed by atoms with Crippen molar-refractivity contribution in [2.75, 3.05) is 6.61 Å². The fraction of sp³-hybridized carbons (Fsp3) is 0.692. The Morgan fingerprint density at radius 1 is 1.14 bits per heavy atom. The third-order valence-corrected chi connectivity index (χ3v) is 2.18. The average molecular weight is 317 g/mol. The van der Waals surface area contributed by atoms with Crippen molar-refractivity contribution < 1.29 is 29.1 Å². The number of ether oxygens (including phenoxy) is 2. The lowest BCUT2D eigenvalue weighted by atomic mass is 10.1. The summed E-state index contributed by atoms with van der Waals surface area (Å²) >= 11 is 0. The lowest BCUT2D eigenvalue weighted by molar-refractivity contribution is -0.136. The van der Waals surface area contributed by atoms with E-state index in [0.29, 0.717) is 0 Å². The molecule has 0 aliphatic heterocycles. The molecule has 0 atom stereocenters. The molecule has 9 nitrogen and oxygen atoms in total. The van der Waals surface area contributed by atoms with Crippen molar-refractivity contribution in [3.63, 3.8) is 0 Å². The molecule has 22 heavy (non-hydrogen) atoms. The van der Waals surface area contributed by atoms with Crippen LogP contribution in [-0.4, -0.2) is 46.8 Å². The molecule has 0 aliphatic rings. The van der Waals surface area contributed by atoms with Crippen LogP contribution in [0.5, 0.6) is 0 Å². The van der Waals surface area contributed by atoms with Crippen LogP contribution in [0, 0.1) is 0 Å². The summed E-state index contributed by atoms with van der Waals surface area (Å²) in [5.74, 6) is -2.45. The van der Waals surface area contributed by atoms with Gasteiger partial charge in [0.15, 0.2) is 0 Å². The molecule has 0 saturated carbocycles. The van der Waals surface area contributed by atoms with Gasteiger partial charge in [0.1, 0.15) is 11.1 Å². The highest BCUT2D eigenvalue weighted by Crippen LogP contribution is 2.09. The molecule has 0 fully saturated rings. The maximum Gasteiger partial charge on any atom is 0.408 e. The minimum absolute atomic E-state index is 0.0489. The Bertz CT molecular complexity index is 465. The van der Waals surface area contributed by atoms with Crippen LogP contribution in [-0.2, 0) is 19.1 Å². The molecule has 0 spiro atoms. The summed E-state index contributed by atoms with van der Waals surface area (Å²) in [5, 5.41) is 15.8. The molecule has 0 aromatic heterocycles. The molecule has 0 aromatic rings. The van der Waals surface area contributed by atoms with E-state index in [1.165, 1.54) is 13.8 Å². The number of nitrogens with zero attached hydrogens (tertiary/aromatic N) is 1. The smallest absolute Gasteiger partial charge is 0.408 e. The lowest BCUT2D eigenvalue weighted by Crippen LogP contribution is -2.57. The number of nitrogens with one attached hydrogen (secondary N) is 2. The van der Waals surface area contributed by atoms with E-state index in [-0.39, 0.29) is 6.61 Å². The summed E-state index contributed by atoms with van der Waals surface area (Å²) in [6, 6.07) is 0. The first-order chi connectivity index (χ1) is 9.92. The van der Waals surface area contributed by atoms with Crippen LogP contribution in [0.1, 0.15) is 41.5 Å². The molecular formula is C13H23N3O6. The Balaban J connectivity index is 4.81. The van der Waals surface area contributed by atoms with Gasteiger partial charge >= 0.3 is 12.1 Å². The first kappa shape index (κ1) is 19.7. The van der Waals surface area contributed by atoms with Crippen LogP contribution in [0.25, 0.3) is 0 Å². The highest BCUT2D eigenvalue weighted by molar-refractivity contribution is 6.38. The van der Waals surface area contributed by atoms with Gasteiger partial charge < -0.3 is 20.0 Å². The highest BCUT2D eigenvalue weighted by atomic mass is 16.6. The molecule has 0 heterocycles. The summed E-state index contributed by atoms with van der Waals surface area (Å²) in [7, 11) is 0. The second-order valence-electron chi connectivity index (χ2n) is 5.88. The maximum atomic E-state index is 12.1. The number of oxime groups is 1. The fourth-order valence-corrected chi connectivity index (χ4v) is 1.20. The van der Waals surface area contributed by atoms with E-state index in [2.05, 4.69) is 20.5 Å². The monoisotopic (exact) mass is 317 g/mol. The number of hydrogen-bond donors (Lipinski definition) is 3. The Morgan fingerprint density at radius 2 is 1.68 bits per heavy atom. The van der Waals surface area contributed by atoms with Gasteiger partial charge in [-0.25, -0.2) is 9.59 Å². The lowest BCUT2D eigenvalue weighted by Gasteiger charge is -2.27. The van der Waals surface area contributed by atoms with Crippen LogP contribution < -0.4 is 10.6 Å². The van der Waals surface area contributed by atoms with Crippen molar-refractivity contribution in [2.45, 2.75) is 52.7 Å². The number of esters is 1. The largest absolute Gasteiger partial charge is 0.460 e. The van der Waals surface area contributed by atoms with E-state index in [0.717, 1.165) is 0 Å². The van der Waals surface area contributed by atoms with Crippen LogP contribution in [0.4, 0.5) is 4.79 Å². The molecule has 0 bridgehead atoms. The average Bonchev–Trinajstić information content (AvgIpc) is 2.32. The van der Waals surface area contributed by atoms with Crippen LogP contribution in [0.15, 0.2) is 5.16 Å². The van der Waals surface area contributed by atoms with Gasteiger partial charge in [0.05, 0.1) is 6.61 Å². The summed E-state index contributed by atoms with van der Waals surface area (Å²) in [5.41, 5.74) is -2.13. The topological polar surface area (TPSA) is 126 Å². The van der Waals surface area contributed by atoms with Crippen molar-refractivity contribution >= 4 is 23.8 Å². The van der Waals surface area contributed by atoms with Gasteiger partial charge in [-0.15, -0.1) is 0 Å². The normalized spacial score (nSPS) is 12.4. The summed E-state index contributed by atoms with van der Waals surface area (Å²) in [4.78, 5) is 35.2. The maximum absolute atomic E-state index is 12.1. The van der Waals surface area contributed by atoms with Gasteiger partial charge in [-0.1, -0.05) is 5.16 Å². The second kappa shape index (κ2) is 7.62. The summed E-state index contributed by atoms with van der Waals surface area (Å²) in [6.45, 7) is 9.43. The first-order valence-electron chi connectivity index (χ1n) is 6.64. The number of hydrogen-bond acceptors (Lipinski definition) is 7. The van der Waals surface area contributed by atoms with Crippen molar-refractivity contribution in [2.24, 2.45) is 5.16 Å². The predicted octanol–water partition coefficient (Wildman–Crippen LogP) is 0.757. The molecule has 126 valence electrons. The number of amides is 2. The molecule has 0 rings (SSSR count). The van der Waals surface area contributed by atoms with Crippen LogP contribution >= 0.6 is 0 Å². The predicted molar refractivity (Wildman–Crippen MR) is 77.4 cm³/mol. The molecule has 2 amide bonds. The van der Waals surface area contributed by atoms with Crippen molar-refractivity contribution in [3.05, 3.63) is 0 Å². The number of carbonyl (C=O) groups is 3. The van der Waals surface area contributed by atoms with Gasteiger partial charge in [-0.3, -0.25) is 10.1 Å². The van der Waals surface area contributed by atoms with Gasteiger partial charge in [0, 0.05) is 0 Å². The van der Waals surface area contributed by atoms with Crippen molar-refractivity contribution in [1.82, 2.24) is 10.6 Å². The molecular weight excluding hydrogens is 294 g/mol. The Kier molecular flexibility index (Phi) is 6.82. The third kappa shape index (κ3) is 6.91. The molecule has 9 heteroatoms. The van der Waals surface area contributed by atoms with E-state index in [1.54, 1.807) is 27.7 Å². The van der Waals surface area contributed by atoms with Crippen LogP contribution in [0.3, 0.4) is 0 Å². The number of carbonyl (C=O) groups excluding carboxylic acids is 3. The Morgan fingerprint density at radius 3 is 2.09 bits per heavy atom. The molecule has 3 N–H and O–H groups in total. The Labute approximate surface area is 129 Å². The van der Waals surface area contributed by atoms with E-state index < -0.39 is 34.9 Å². The molecule has 0 aliphatic carbocycles. The zero-order valence-electron chi connectivity index (χ0n) is 13.6. The molecule has 0 aromatic carbocycles. The van der Waals surface area contributed by atoms with Gasteiger partial charge in [0.25, 0.3) is 11.7 Å². The fourth-order valence-electron chi connectivity index (χ4n) is 1.20. The number of rotatable bonds is 3. The third-order valence-electron chi connectivity index (χ3n) is 2.18. The van der Waals surface area contributed by atoms with Gasteiger partial charge in [-0.05, 0) is 41.5 Å². The van der Waals surface area contributed by atoms with Crippen molar-refractivity contribution in [3.8, 4) is 0 Å². The van der Waals surface area contributed by atoms with Crippen LogP contribution in [0.2, 0.25) is 0 Å². The van der Waals surface area contributed by atoms with E-state index in [1.807, 2.05) is 0 Å². The minimum atomic E-state index is -1.41. The minimum Gasteiger partial charge on any atom is -0.460 e. The molecule has 0 unspecified atom stereocenters. The zero-order chi connectivity index (χ0) is 17.6. The zero-order valence-corrected chi connectivity index (χ0v) is 13.6. The van der Waals surface area contributed by atoms with Gasteiger partial charge in [-0.2, -0.15) is 0 Å². The highest BCUT2D eigenvalue weighted by Gasteiger charge is 2.33. The summed E-state index contributed by atoms with van der Waals surface area (Å²) < 4.78 is 9.64. The van der Waals surface area contributed by atoms with Crippen molar-refractivity contribution in [1.29, 1.82) is 0 Å². The Hall–Kier alpha value is -2.32. The van der Waals surface area contributed by atoms with E-state index in [4.69, 9.17) is 9.94 Å².